The van der Waals surface area contributed by atoms with Crippen molar-refractivity contribution in [2.24, 2.45) is 0 Å². The van der Waals surface area contributed by atoms with Gasteiger partial charge < -0.3 is 4.90 Å². The smallest absolute Gasteiger partial charge is 0.274 e. The van der Waals surface area contributed by atoms with Gasteiger partial charge in [-0.05, 0) is 42.8 Å². The van der Waals surface area contributed by atoms with Crippen LogP contribution in [0, 0.1) is 13.8 Å². The minimum atomic E-state index is -0.168. The third kappa shape index (κ3) is 4.08. The Balaban J connectivity index is 1.70. The van der Waals surface area contributed by atoms with Crippen LogP contribution < -0.4 is 0 Å². The molecular weight excluding hydrogens is 434 g/mol. The summed E-state index contributed by atoms with van der Waals surface area (Å²) in [5, 5.41) is 13.9. The zero-order chi connectivity index (χ0) is 19.7. The Bertz CT molecular complexity index is 974. The molecule has 0 radical (unpaired) electrons. The summed E-state index contributed by atoms with van der Waals surface area (Å²) >= 11 is 9.66. The van der Waals surface area contributed by atoms with Gasteiger partial charge in [-0.3, -0.25) is 14.2 Å². The van der Waals surface area contributed by atoms with Crippen LogP contribution in [0.15, 0.2) is 22.9 Å². The average molecular weight is 455 g/mol. The summed E-state index contributed by atoms with van der Waals surface area (Å²) < 4.78 is 6.14. The Morgan fingerprint density at radius 1 is 1.26 bits per heavy atom. The van der Waals surface area contributed by atoms with Crippen LogP contribution in [0.2, 0.25) is 5.02 Å². The van der Waals surface area contributed by atoms with E-state index in [0.29, 0.717) is 23.9 Å². The fraction of sp³-hybridized carbons (Fsp3) is 0.412. The highest BCUT2D eigenvalue weighted by Crippen LogP contribution is 2.19. The van der Waals surface area contributed by atoms with Crippen LogP contribution >= 0.6 is 27.5 Å². The highest BCUT2D eigenvalue weighted by Gasteiger charge is 2.18. The van der Waals surface area contributed by atoms with E-state index < -0.39 is 0 Å². The molecule has 144 valence electrons. The van der Waals surface area contributed by atoms with Crippen LogP contribution in [0.1, 0.15) is 34.5 Å². The van der Waals surface area contributed by atoms with Crippen molar-refractivity contribution in [1.82, 2.24) is 34.2 Å². The molecule has 0 saturated carbocycles. The molecule has 0 unspecified atom stereocenters. The number of hydrogen-bond donors (Lipinski definition) is 0. The second-order valence-electron chi connectivity index (χ2n) is 6.31. The van der Waals surface area contributed by atoms with Gasteiger partial charge in [0, 0.05) is 26.0 Å². The maximum absolute atomic E-state index is 12.7. The molecule has 3 heterocycles. The lowest BCUT2D eigenvalue weighted by atomic mass is 10.3. The van der Waals surface area contributed by atoms with E-state index >= 15 is 0 Å². The molecule has 3 rings (SSSR count). The van der Waals surface area contributed by atoms with Crippen LogP contribution in [0.5, 0.6) is 0 Å². The van der Waals surface area contributed by atoms with E-state index in [0.717, 1.165) is 28.1 Å². The first-order valence-corrected chi connectivity index (χ1v) is 9.67. The zero-order valence-electron chi connectivity index (χ0n) is 15.6. The molecule has 0 fully saturated rings. The summed E-state index contributed by atoms with van der Waals surface area (Å²) in [5.74, 6) is -0.168. The minimum absolute atomic E-state index is 0.168. The molecule has 0 N–H and O–H groups in total. The molecule has 1 amide bonds. The van der Waals surface area contributed by atoms with Gasteiger partial charge in [-0.25, -0.2) is 4.68 Å². The number of rotatable bonds is 6. The zero-order valence-corrected chi connectivity index (χ0v) is 18.0. The number of halogens is 2. The van der Waals surface area contributed by atoms with Crippen molar-refractivity contribution < 1.29 is 4.79 Å². The maximum atomic E-state index is 12.7. The van der Waals surface area contributed by atoms with Crippen molar-refractivity contribution in [3.8, 4) is 0 Å². The van der Waals surface area contributed by atoms with Crippen molar-refractivity contribution in [1.29, 1.82) is 0 Å². The molecule has 27 heavy (non-hydrogen) atoms. The van der Waals surface area contributed by atoms with Crippen molar-refractivity contribution >= 4 is 33.4 Å². The lowest BCUT2D eigenvalue weighted by Gasteiger charge is -2.14. The van der Waals surface area contributed by atoms with Gasteiger partial charge >= 0.3 is 0 Å². The van der Waals surface area contributed by atoms with E-state index in [-0.39, 0.29) is 5.91 Å². The fourth-order valence-corrected chi connectivity index (χ4v) is 3.28. The number of hydrogen-bond acceptors (Lipinski definition) is 4. The van der Waals surface area contributed by atoms with Crippen molar-refractivity contribution in [2.75, 3.05) is 7.05 Å². The molecule has 3 aromatic rings. The second-order valence-corrected chi connectivity index (χ2v) is 7.54. The third-order valence-corrected chi connectivity index (χ3v) is 5.49. The normalized spacial score (nSPS) is 11.2. The summed E-state index contributed by atoms with van der Waals surface area (Å²) in [6.07, 6.45) is 3.66. The number of carbonyl (C=O) groups excluding carboxylic acids is 1. The first-order chi connectivity index (χ1) is 12.8. The number of amides is 1. The monoisotopic (exact) mass is 453 g/mol. The second kappa shape index (κ2) is 7.85. The van der Waals surface area contributed by atoms with Gasteiger partial charge in [0.15, 0.2) is 0 Å². The topological polar surface area (TPSA) is 73.8 Å². The number of nitrogens with zero attached hydrogens (tertiary/aromatic N) is 7. The quantitative estimate of drug-likeness (QED) is 0.574. The third-order valence-electron chi connectivity index (χ3n) is 4.28. The predicted octanol–water partition coefficient (Wildman–Crippen LogP) is 3.11. The summed E-state index contributed by atoms with van der Waals surface area (Å²) in [4.78, 5) is 14.3. The summed E-state index contributed by atoms with van der Waals surface area (Å²) in [6.45, 7) is 7.34. The lowest BCUT2D eigenvalue weighted by molar-refractivity contribution is 0.0776. The van der Waals surface area contributed by atoms with Gasteiger partial charge in [-0.1, -0.05) is 11.6 Å². The van der Waals surface area contributed by atoms with Crippen LogP contribution in [-0.4, -0.2) is 47.2 Å². The van der Waals surface area contributed by atoms with Crippen molar-refractivity contribution in [2.45, 2.75) is 40.5 Å². The molecule has 3 aromatic heterocycles. The SMILES string of the molecule is CCn1cc(Br)c(CN(C)C(=O)c2ccn(Cn3nc(C)c(Cl)c3C)n2)n1. The predicted molar refractivity (Wildman–Crippen MR) is 106 cm³/mol. The minimum Gasteiger partial charge on any atom is -0.334 e. The molecule has 0 saturated heterocycles. The Hall–Kier alpha value is -2.13. The first-order valence-electron chi connectivity index (χ1n) is 8.50. The average Bonchev–Trinajstić information content (AvgIpc) is 3.31. The van der Waals surface area contributed by atoms with E-state index in [1.807, 2.05) is 31.6 Å². The van der Waals surface area contributed by atoms with Gasteiger partial charge in [0.1, 0.15) is 12.4 Å². The molecular formula is C17H21BrClN7O. The number of aryl methyl sites for hydroxylation is 2. The molecule has 0 aromatic carbocycles. The Morgan fingerprint density at radius 2 is 2.00 bits per heavy atom. The Labute approximate surface area is 170 Å². The van der Waals surface area contributed by atoms with Gasteiger partial charge in [0.25, 0.3) is 5.91 Å². The maximum Gasteiger partial charge on any atom is 0.274 e. The van der Waals surface area contributed by atoms with Crippen LogP contribution in [0.3, 0.4) is 0 Å². The fourth-order valence-electron chi connectivity index (χ4n) is 2.70. The molecule has 8 nitrogen and oxygen atoms in total. The first kappa shape index (κ1) is 19.6. The molecule has 0 aliphatic heterocycles. The molecule has 0 bridgehead atoms. The van der Waals surface area contributed by atoms with Gasteiger partial charge in [-0.15, -0.1) is 0 Å². The molecule has 0 aliphatic rings. The molecule has 0 aliphatic carbocycles. The highest BCUT2D eigenvalue weighted by atomic mass is 79.9. The summed E-state index contributed by atoms with van der Waals surface area (Å²) in [6, 6.07) is 1.70. The van der Waals surface area contributed by atoms with Crippen molar-refractivity contribution in [3.05, 3.63) is 50.7 Å². The standard InChI is InChI=1S/C17H21BrClN7O/c1-5-24-8-13(18)15(22-24)9-23(4)17(27)14-6-7-25(21-14)10-26-12(3)16(19)11(2)20-26/h6-8H,5,9-10H2,1-4H3. The Kier molecular flexibility index (Phi) is 5.71. The van der Waals surface area contributed by atoms with Gasteiger partial charge in [-0.2, -0.15) is 15.3 Å². The summed E-state index contributed by atoms with van der Waals surface area (Å²) in [7, 11) is 1.74. The van der Waals surface area contributed by atoms with E-state index in [1.54, 1.807) is 33.6 Å². The molecule has 10 heteroatoms. The Morgan fingerprint density at radius 3 is 2.59 bits per heavy atom. The van der Waals surface area contributed by atoms with Gasteiger partial charge in [0.2, 0.25) is 0 Å². The van der Waals surface area contributed by atoms with Crippen LogP contribution in [-0.2, 0) is 19.8 Å². The van der Waals surface area contributed by atoms with Crippen molar-refractivity contribution in [3.63, 3.8) is 0 Å². The number of aromatic nitrogens is 6. The molecule has 0 atom stereocenters. The lowest BCUT2D eigenvalue weighted by Crippen LogP contribution is -2.27. The van der Waals surface area contributed by atoms with E-state index in [2.05, 4.69) is 31.2 Å². The number of carbonyl (C=O) groups is 1. The largest absolute Gasteiger partial charge is 0.334 e. The van der Waals surface area contributed by atoms with E-state index in [1.165, 1.54) is 0 Å². The molecule has 0 spiro atoms. The summed E-state index contributed by atoms with van der Waals surface area (Å²) in [5.41, 5.74) is 2.82. The van der Waals surface area contributed by atoms with Crippen LogP contribution in [0.25, 0.3) is 0 Å². The van der Waals surface area contributed by atoms with E-state index in [4.69, 9.17) is 11.6 Å². The highest BCUT2D eigenvalue weighted by molar-refractivity contribution is 9.10. The van der Waals surface area contributed by atoms with Crippen LogP contribution in [0.4, 0.5) is 0 Å². The van der Waals surface area contributed by atoms with E-state index in [9.17, 15) is 4.79 Å². The van der Waals surface area contributed by atoms with Gasteiger partial charge in [0.05, 0.1) is 33.1 Å².